The maximum Gasteiger partial charge on any atom is 0.326 e. The smallest absolute Gasteiger partial charge is 0.326 e. The fraction of sp³-hybridized carbons (Fsp3) is 0.400. The summed E-state index contributed by atoms with van der Waals surface area (Å²) in [4.78, 5) is 26.4. The zero-order valence-corrected chi connectivity index (χ0v) is 19.4. The molecule has 0 radical (unpaired) electrons. The Hall–Kier alpha value is -3.43. The van der Waals surface area contributed by atoms with Crippen molar-refractivity contribution in [2.45, 2.75) is 26.4 Å². The average molecular weight is 463 g/mol. The van der Waals surface area contributed by atoms with Crippen LogP contribution < -0.4 is 15.7 Å². The van der Waals surface area contributed by atoms with Crippen molar-refractivity contribution in [3.8, 4) is 5.75 Å². The third kappa shape index (κ3) is 4.76. The molecule has 0 bridgehead atoms. The summed E-state index contributed by atoms with van der Waals surface area (Å²) < 4.78 is 13.2. The van der Waals surface area contributed by atoms with Gasteiger partial charge in [-0.15, -0.1) is 0 Å². The number of fused-ring (bicyclic) bond motifs is 2. The van der Waals surface area contributed by atoms with Gasteiger partial charge >= 0.3 is 5.69 Å². The number of H-pyrrole nitrogens is 1. The van der Waals surface area contributed by atoms with Crippen LogP contribution in [0.1, 0.15) is 18.9 Å². The molecule has 0 aliphatic carbocycles. The lowest BCUT2D eigenvalue weighted by Crippen LogP contribution is -2.37. The van der Waals surface area contributed by atoms with Crippen LogP contribution in [0.25, 0.3) is 21.9 Å². The Labute approximate surface area is 197 Å². The van der Waals surface area contributed by atoms with Crippen LogP contribution in [-0.4, -0.2) is 63.9 Å². The Morgan fingerprint density at radius 1 is 1.18 bits per heavy atom. The van der Waals surface area contributed by atoms with Crippen molar-refractivity contribution < 1.29 is 9.47 Å². The molecule has 2 N–H and O–H groups in total. The van der Waals surface area contributed by atoms with Crippen LogP contribution in [-0.2, 0) is 17.8 Å². The van der Waals surface area contributed by atoms with Gasteiger partial charge in [0.1, 0.15) is 17.9 Å². The van der Waals surface area contributed by atoms with Crippen LogP contribution in [0.15, 0.2) is 47.5 Å². The number of aromatic amines is 1. The number of ether oxygens (including phenoxy) is 2. The standard InChI is InChI=1S/C25H30N6O3/c1-2-31-22-15-20-19(14-21(22)29-25(31)32)24(28-17-27-20)26-16-18-6-3-4-7-23(18)34-11-5-8-30-9-12-33-13-10-30/h3-4,6-7,14-15,17H,2,5,8-13,16H2,1H3,(H,29,32)(H,26,27,28). The summed E-state index contributed by atoms with van der Waals surface area (Å²) in [6.07, 6.45) is 2.52. The van der Waals surface area contributed by atoms with E-state index in [0.29, 0.717) is 19.7 Å². The van der Waals surface area contributed by atoms with Crippen LogP contribution in [0, 0.1) is 0 Å². The topological polar surface area (TPSA) is 97.3 Å². The van der Waals surface area contributed by atoms with Gasteiger partial charge in [-0.3, -0.25) is 9.47 Å². The van der Waals surface area contributed by atoms with Crippen LogP contribution in [0.3, 0.4) is 0 Å². The first-order valence-corrected chi connectivity index (χ1v) is 11.8. The number of benzene rings is 2. The highest BCUT2D eigenvalue weighted by Crippen LogP contribution is 2.26. The van der Waals surface area contributed by atoms with Gasteiger partial charge < -0.3 is 19.8 Å². The van der Waals surface area contributed by atoms with Crippen LogP contribution in [0.4, 0.5) is 5.82 Å². The molecule has 5 rings (SSSR count). The molecule has 1 aliphatic rings. The first kappa shape index (κ1) is 22.4. The van der Waals surface area contributed by atoms with E-state index in [1.165, 1.54) is 0 Å². The lowest BCUT2D eigenvalue weighted by Gasteiger charge is -2.26. The van der Waals surface area contributed by atoms with Crippen LogP contribution >= 0.6 is 0 Å². The summed E-state index contributed by atoms with van der Waals surface area (Å²) in [5.41, 5.74) is 3.36. The van der Waals surface area contributed by atoms with Crippen molar-refractivity contribution in [3.05, 3.63) is 58.8 Å². The summed E-state index contributed by atoms with van der Waals surface area (Å²) in [5, 5.41) is 4.30. The monoisotopic (exact) mass is 462 g/mol. The molecule has 34 heavy (non-hydrogen) atoms. The maximum atomic E-state index is 12.2. The molecular weight excluding hydrogens is 432 g/mol. The quantitative estimate of drug-likeness (QED) is 0.369. The zero-order valence-electron chi connectivity index (χ0n) is 19.4. The molecule has 3 heterocycles. The Bertz CT molecular complexity index is 1330. The summed E-state index contributed by atoms with van der Waals surface area (Å²) in [7, 11) is 0. The van der Waals surface area contributed by atoms with E-state index in [2.05, 4.69) is 31.2 Å². The predicted molar refractivity (Wildman–Crippen MR) is 132 cm³/mol. The minimum Gasteiger partial charge on any atom is -0.493 e. The van der Waals surface area contributed by atoms with Gasteiger partial charge in [0.15, 0.2) is 0 Å². The summed E-state index contributed by atoms with van der Waals surface area (Å²) in [5.74, 6) is 1.60. The third-order valence-corrected chi connectivity index (χ3v) is 6.25. The van der Waals surface area contributed by atoms with Crippen molar-refractivity contribution in [3.63, 3.8) is 0 Å². The Kier molecular flexibility index (Phi) is 6.73. The number of hydrogen-bond acceptors (Lipinski definition) is 7. The van der Waals surface area contributed by atoms with Gasteiger partial charge in [-0.05, 0) is 31.5 Å². The zero-order chi connectivity index (χ0) is 23.3. The lowest BCUT2D eigenvalue weighted by molar-refractivity contribution is 0.0358. The number of aryl methyl sites for hydroxylation is 1. The summed E-state index contributed by atoms with van der Waals surface area (Å²) in [6, 6.07) is 11.9. The number of imidazole rings is 1. The van der Waals surface area contributed by atoms with Gasteiger partial charge in [0.05, 0.1) is 36.4 Å². The molecule has 1 saturated heterocycles. The second-order valence-corrected chi connectivity index (χ2v) is 8.40. The second kappa shape index (κ2) is 10.2. The van der Waals surface area contributed by atoms with Gasteiger partial charge in [-0.1, -0.05) is 18.2 Å². The molecule has 0 unspecified atom stereocenters. The van der Waals surface area contributed by atoms with Crippen LogP contribution in [0.5, 0.6) is 5.75 Å². The van der Waals surface area contributed by atoms with E-state index < -0.39 is 0 Å². The van der Waals surface area contributed by atoms with Crippen molar-refractivity contribution >= 4 is 27.8 Å². The van der Waals surface area contributed by atoms with Gasteiger partial charge in [-0.25, -0.2) is 14.8 Å². The molecule has 0 spiro atoms. The number of para-hydroxylation sites is 1. The molecule has 4 aromatic rings. The van der Waals surface area contributed by atoms with Crippen LogP contribution in [0.2, 0.25) is 0 Å². The van der Waals surface area contributed by atoms with E-state index in [0.717, 1.165) is 78.3 Å². The SMILES string of the molecule is CCn1c(=O)[nH]c2cc3c(NCc4ccccc4OCCCN4CCOCC4)ncnc3cc21. The molecule has 0 amide bonds. The molecule has 1 fully saturated rings. The number of nitrogens with one attached hydrogen (secondary N) is 2. The van der Waals surface area contributed by atoms with Crippen molar-refractivity contribution in [1.82, 2.24) is 24.4 Å². The fourth-order valence-electron chi connectivity index (χ4n) is 4.43. The molecule has 0 atom stereocenters. The second-order valence-electron chi connectivity index (χ2n) is 8.40. The number of aromatic nitrogens is 4. The van der Waals surface area contributed by atoms with E-state index >= 15 is 0 Å². The van der Waals surface area contributed by atoms with Crippen molar-refractivity contribution in [1.29, 1.82) is 0 Å². The van der Waals surface area contributed by atoms with Crippen molar-refractivity contribution in [2.75, 3.05) is 44.8 Å². The highest BCUT2D eigenvalue weighted by Gasteiger charge is 2.12. The minimum atomic E-state index is -0.116. The molecule has 1 aliphatic heterocycles. The van der Waals surface area contributed by atoms with Gasteiger partial charge in [-0.2, -0.15) is 0 Å². The Morgan fingerprint density at radius 2 is 2.03 bits per heavy atom. The first-order valence-electron chi connectivity index (χ1n) is 11.8. The number of hydrogen-bond donors (Lipinski definition) is 2. The van der Waals surface area contributed by atoms with E-state index in [9.17, 15) is 4.79 Å². The highest BCUT2D eigenvalue weighted by molar-refractivity contribution is 5.98. The first-order chi connectivity index (χ1) is 16.7. The largest absolute Gasteiger partial charge is 0.493 e. The molecule has 178 valence electrons. The molecule has 2 aromatic heterocycles. The summed E-state index contributed by atoms with van der Waals surface area (Å²) >= 11 is 0. The Balaban J connectivity index is 1.28. The number of rotatable bonds is 9. The number of nitrogens with zero attached hydrogens (tertiary/aromatic N) is 4. The molecule has 9 nitrogen and oxygen atoms in total. The Morgan fingerprint density at radius 3 is 2.88 bits per heavy atom. The van der Waals surface area contributed by atoms with Gasteiger partial charge in [0.25, 0.3) is 0 Å². The van der Waals surface area contributed by atoms with E-state index in [-0.39, 0.29) is 5.69 Å². The lowest BCUT2D eigenvalue weighted by atomic mass is 10.1. The third-order valence-electron chi connectivity index (χ3n) is 6.25. The van der Waals surface area contributed by atoms with Gasteiger partial charge in [0, 0.05) is 43.7 Å². The van der Waals surface area contributed by atoms with E-state index in [4.69, 9.17) is 9.47 Å². The molecular formula is C25H30N6O3. The number of anilines is 1. The van der Waals surface area contributed by atoms with Crippen molar-refractivity contribution in [2.24, 2.45) is 0 Å². The molecule has 2 aromatic carbocycles. The number of morpholine rings is 1. The normalized spacial score (nSPS) is 14.6. The highest BCUT2D eigenvalue weighted by atomic mass is 16.5. The van der Waals surface area contributed by atoms with Gasteiger partial charge in [0.2, 0.25) is 0 Å². The fourth-order valence-corrected chi connectivity index (χ4v) is 4.43. The average Bonchev–Trinajstić information content (AvgIpc) is 3.18. The summed E-state index contributed by atoms with van der Waals surface area (Å²) in [6.45, 7) is 8.44. The minimum absolute atomic E-state index is 0.116. The molecule has 0 saturated carbocycles. The molecule has 9 heteroatoms. The van der Waals surface area contributed by atoms with E-state index in [1.54, 1.807) is 10.9 Å². The predicted octanol–water partition coefficient (Wildman–Crippen LogP) is 3.01. The maximum absolute atomic E-state index is 12.2. The van der Waals surface area contributed by atoms with E-state index in [1.807, 2.05) is 37.3 Å².